The summed E-state index contributed by atoms with van der Waals surface area (Å²) in [6.07, 6.45) is 0. The fraction of sp³-hybridized carbons (Fsp3) is 0.467. The lowest BCUT2D eigenvalue weighted by atomic mass is 10.1. The second kappa shape index (κ2) is 6.87. The van der Waals surface area contributed by atoms with Crippen LogP contribution in [0.25, 0.3) is 0 Å². The van der Waals surface area contributed by atoms with Gasteiger partial charge in [0.05, 0.1) is 18.3 Å². The number of nitrogens with zero attached hydrogens (tertiary/aromatic N) is 2. The zero-order valence-corrected chi connectivity index (χ0v) is 13.7. The molecule has 0 radical (unpaired) electrons. The molecule has 0 bridgehead atoms. The lowest BCUT2D eigenvalue weighted by Gasteiger charge is -2.23. The normalized spacial score (nSPS) is 12.6. The van der Waals surface area contributed by atoms with E-state index in [-0.39, 0.29) is 11.9 Å². The van der Waals surface area contributed by atoms with Gasteiger partial charge in [-0.2, -0.15) is 0 Å². The van der Waals surface area contributed by atoms with Crippen LogP contribution in [0, 0.1) is 13.8 Å². The first-order valence-corrected chi connectivity index (χ1v) is 7.79. The molecule has 6 heteroatoms. The van der Waals surface area contributed by atoms with Crippen molar-refractivity contribution in [1.29, 1.82) is 0 Å². The fourth-order valence-corrected chi connectivity index (χ4v) is 2.69. The Morgan fingerprint density at radius 3 is 2.86 bits per heavy atom. The van der Waals surface area contributed by atoms with E-state index in [2.05, 4.69) is 10.5 Å². The Labute approximate surface area is 128 Å². The first-order chi connectivity index (χ1) is 9.99. The van der Waals surface area contributed by atoms with Crippen molar-refractivity contribution in [3.63, 3.8) is 0 Å². The summed E-state index contributed by atoms with van der Waals surface area (Å²) < 4.78 is 5.16. The number of aryl methyl sites for hydroxylation is 2. The van der Waals surface area contributed by atoms with E-state index in [1.165, 1.54) is 0 Å². The third kappa shape index (κ3) is 3.92. The molecule has 0 spiro atoms. The Hall–Kier alpha value is -1.66. The molecule has 21 heavy (non-hydrogen) atoms. The van der Waals surface area contributed by atoms with Crippen LogP contribution in [0.4, 0.5) is 0 Å². The number of amides is 1. The number of likely N-dealkylation sites (N-methyl/N-ethyl adjacent to an activating group) is 1. The molecule has 0 saturated carbocycles. The maximum atomic E-state index is 12.2. The number of thiophene rings is 1. The SMILES string of the molecule is Cc1noc(C)c1CN(C)C(C)C(=O)NCc1cccs1. The minimum atomic E-state index is -0.210. The summed E-state index contributed by atoms with van der Waals surface area (Å²) in [6.45, 7) is 6.95. The maximum absolute atomic E-state index is 12.2. The van der Waals surface area contributed by atoms with Crippen LogP contribution >= 0.6 is 11.3 Å². The van der Waals surface area contributed by atoms with Crippen LogP contribution in [0.1, 0.15) is 28.8 Å². The molecule has 1 atom stereocenters. The van der Waals surface area contributed by atoms with Crippen molar-refractivity contribution in [2.75, 3.05) is 7.05 Å². The largest absolute Gasteiger partial charge is 0.361 e. The van der Waals surface area contributed by atoms with Gasteiger partial charge in [-0.15, -0.1) is 11.3 Å². The van der Waals surface area contributed by atoms with Gasteiger partial charge in [0, 0.05) is 17.0 Å². The van der Waals surface area contributed by atoms with Gasteiger partial charge in [-0.1, -0.05) is 11.2 Å². The molecule has 0 aliphatic heterocycles. The zero-order chi connectivity index (χ0) is 15.4. The molecular formula is C15H21N3O2S. The van der Waals surface area contributed by atoms with E-state index in [9.17, 15) is 4.79 Å². The molecule has 1 N–H and O–H groups in total. The molecule has 2 aromatic rings. The molecule has 2 aromatic heterocycles. The average Bonchev–Trinajstić information content (AvgIpc) is 3.09. The molecular weight excluding hydrogens is 286 g/mol. The molecule has 1 unspecified atom stereocenters. The summed E-state index contributed by atoms with van der Waals surface area (Å²) in [7, 11) is 1.93. The number of hydrogen-bond donors (Lipinski definition) is 1. The van der Waals surface area contributed by atoms with Crippen LogP contribution in [0.2, 0.25) is 0 Å². The van der Waals surface area contributed by atoms with Crippen LogP contribution < -0.4 is 5.32 Å². The Bertz CT molecular complexity index is 573. The summed E-state index contributed by atoms with van der Waals surface area (Å²) in [5.74, 6) is 0.836. The highest BCUT2D eigenvalue weighted by atomic mass is 32.1. The van der Waals surface area contributed by atoms with Gasteiger partial charge < -0.3 is 9.84 Å². The molecule has 1 amide bonds. The summed E-state index contributed by atoms with van der Waals surface area (Å²) in [5.41, 5.74) is 1.93. The van der Waals surface area contributed by atoms with E-state index in [4.69, 9.17) is 4.52 Å². The molecule has 0 saturated heterocycles. The Morgan fingerprint density at radius 1 is 1.52 bits per heavy atom. The van der Waals surface area contributed by atoms with Crippen molar-refractivity contribution in [2.24, 2.45) is 0 Å². The highest BCUT2D eigenvalue weighted by Gasteiger charge is 2.20. The van der Waals surface area contributed by atoms with Gasteiger partial charge in [0.25, 0.3) is 0 Å². The van der Waals surface area contributed by atoms with Crippen molar-refractivity contribution in [2.45, 2.75) is 39.9 Å². The number of carbonyl (C=O) groups excluding carboxylic acids is 1. The maximum Gasteiger partial charge on any atom is 0.237 e. The zero-order valence-electron chi connectivity index (χ0n) is 12.8. The van der Waals surface area contributed by atoms with Gasteiger partial charge in [0.15, 0.2) is 0 Å². The van der Waals surface area contributed by atoms with Crippen LogP contribution in [-0.4, -0.2) is 29.1 Å². The van der Waals surface area contributed by atoms with Crippen molar-refractivity contribution < 1.29 is 9.32 Å². The minimum absolute atomic E-state index is 0.0256. The third-order valence-corrected chi connectivity index (χ3v) is 4.52. The second-order valence-electron chi connectivity index (χ2n) is 5.19. The Balaban J connectivity index is 1.89. The quantitative estimate of drug-likeness (QED) is 0.891. The molecule has 0 fully saturated rings. The van der Waals surface area contributed by atoms with Crippen molar-refractivity contribution in [3.05, 3.63) is 39.4 Å². The van der Waals surface area contributed by atoms with E-state index < -0.39 is 0 Å². The van der Waals surface area contributed by atoms with E-state index in [1.807, 2.05) is 50.2 Å². The summed E-state index contributed by atoms with van der Waals surface area (Å²) in [4.78, 5) is 15.3. The van der Waals surface area contributed by atoms with Crippen LogP contribution in [0.3, 0.4) is 0 Å². The molecule has 0 aliphatic rings. The van der Waals surface area contributed by atoms with Gasteiger partial charge >= 0.3 is 0 Å². The van der Waals surface area contributed by atoms with Gasteiger partial charge in [-0.3, -0.25) is 9.69 Å². The van der Waals surface area contributed by atoms with Crippen molar-refractivity contribution in [3.8, 4) is 0 Å². The van der Waals surface area contributed by atoms with Crippen molar-refractivity contribution in [1.82, 2.24) is 15.4 Å². The number of nitrogens with one attached hydrogen (secondary N) is 1. The third-order valence-electron chi connectivity index (χ3n) is 3.65. The standard InChI is InChI=1S/C15H21N3O2S/c1-10-14(12(3)20-17-10)9-18(4)11(2)15(19)16-8-13-6-5-7-21-13/h5-7,11H,8-9H2,1-4H3,(H,16,19). The number of hydrogen-bond acceptors (Lipinski definition) is 5. The summed E-state index contributed by atoms with van der Waals surface area (Å²) in [5, 5.41) is 8.92. The predicted octanol–water partition coefficient (Wildman–Crippen LogP) is 2.49. The van der Waals surface area contributed by atoms with Crippen LogP contribution in [0.5, 0.6) is 0 Å². The molecule has 2 rings (SSSR count). The highest BCUT2D eigenvalue weighted by molar-refractivity contribution is 7.09. The van der Waals surface area contributed by atoms with E-state index in [0.29, 0.717) is 13.1 Å². The lowest BCUT2D eigenvalue weighted by molar-refractivity contribution is -0.125. The van der Waals surface area contributed by atoms with Crippen LogP contribution in [0.15, 0.2) is 22.0 Å². The Kier molecular flexibility index (Phi) is 5.14. The van der Waals surface area contributed by atoms with Crippen LogP contribution in [-0.2, 0) is 17.9 Å². The first-order valence-electron chi connectivity index (χ1n) is 6.91. The van der Waals surface area contributed by atoms with E-state index in [0.717, 1.165) is 21.9 Å². The van der Waals surface area contributed by atoms with Gasteiger partial charge in [0.2, 0.25) is 5.91 Å². The first kappa shape index (κ1) is 15.7. The Morgan fingerprint density at radius 2 is 2.29 bits per heavy atom. The predicted molar refractivity (Wildman–Crippen MR) is 83.1 cm³/mol. The lowest BCUT2D eigenvalue weighted by Crippen LogP contribution is -2.42. The molecule has 114 valence electrons. The summed E-state index contributed by atoms with van der Waals surface area (Å²) >= 11 is 1.64. The minimum Gasteiger partial charge on any atom is -0.361 e. The van der Waals surface area contributed by atoms with E-state index >= 15 is 0 Å². The molecule has 0 aromatic carbocycles. The summed E-state index contributed by atoms with van der Waals surface area (Å²) in [6, 6.07) is 3.79. The average molecular weight is 307 g/mol. The monoisotopic (exact) mass is 307 g/mol. The number of carbonyl (C=O) groups is 1. The van der Waals surface area contributed by atoms with Gasteiger partial charge in [-0.25, -0.2) is 0 Å². The highest BCUT2D eigenvalue weighted by Crippen LogP contribution is 2.15. The topological polar surface area (TPSA) is 58.4 Å². The number of aromatic nitrogens is 1. The number of rotatable bonds is 6. The van der Waals surface area contributed by atoms with E-state index in [1.54, 1.807) is 11.3 Å². The smallest absolute Gasteiger partial charge is 0.237 e. The van der Waals surface area contributed by atoms with Crippen molar-refractivity contribution >= 4 is 17.2 Å². The van der Waals surface area contributed by atoms with Gasteiger partial charge in [0.1, 0.15) is 5.76 Å². The molecule has 2 heterocycles. The van der Waals surface area contributed by atoms with Gasteiger partial charge in [-0.05, 0) is 39.3 Å². The second-order valence-corrected chi connectivity index (χ2v) is 6.22. The molecule has 0 aliphatic carbocycles. The molecule has 5 nitrogen and oxygen atoms in total. The fourth-order valence-electron chi connectivity index (χ4n) is 2.05.